The van der Waals surface area contributed by atoms with Gasteiger partial charge in [-0.3, -0.25) is 9.59 Å². The van der Waals surface area contributed by atoms with Gasteiger partial charge >= 0.3 is 0 Å². The predicted molar refractivity (Wildman–Crippen MR) is 91.2 cm³/mol. The summed E-state index contributed by atoms with van der Waals surface area (Å²) in [5.41, 5.74) is 1.25. The third-order valence-electron chi connectivity index (χ3n) is 3.64. The van der Waals surface area contributed by atoms with Crippen molar-refractivity contribution in [3.63, 3.8) is 0 Å². The molecule has 0 aliphatic rings. The molecule has 0 N–H and O–H groups in total. The van der Waals surface area contributed by atoms with Crippen molar-refractivity contribution in [1.29, 1.82) is 0 Å². The predicted octanol–water partition coefficient (Wildman–Crippen LogP) is 3.19. The van der Waals surface area contributed by atoms with Crippen molar-refractivity contribution in [3.8, 4) is 0 Å². The molecule has 0 aliphatic heterocycles. The summed E-state index contributed by atoms with van der Waals surface area (Å²) in [6.07, 6.45) is 5.32. The molecule has 3 rings (SSSR count). The van der Waals surface area contributed by atoms with Gasteiger partial charge in [0.15, 0.2) is 13.1 Å². The first-order valence-corrected chi connectivity index (χ1v) is 7.91. The molecule has 0 saturated heterocycles. The summed E-state index contributed by atoms with van der Waals surface area (Å²) in [6.45, 7) is 0.440. The first-order valence-electron chi connectivity index (χ1n) is 7.53. The normalized spacial score (nSPS) is 10.5. The van der Waals surface area contributed by atoms with Gasteiger partial charge in [0.1, 0.15) is 12.4 Å². The molecule has 1 heterocycles. The third kappa shape index (κ3) is 3.97. The molecule has 1 aromatic heterocycles. The van der Waals surface area contributed by atoms with Crippen LogP contribution < -0.4 is 4.57 Å². The van der Waals surface area contributed by atoms with Crippen molar-refractivity contribution in [2.75, 3.05) is 0 Å². The molecule has 0 radical (unpaired) electrons. The summed E-state index contributed by atoms with van der Waals surface area (Å²) >= 11 is 5.91. The Morgan fingerprint density at radius 1 is 0.958 bits per heavy atom. The highest BCUT2D eigenvalue weighted by Crippen LogP contribution is 2.11. The zero-order valence-corrected chi connectivity index (χ0v) is 13.7. The molecule has 120 valence electrons. The molecular weight excluding hydrogens is 324 g/mol. The number of hydrogen-bond donors (Lipinski definition) is 0. The van der Waals surface area contributed by atoms with E-state index in [1.54, 1.807) is 64.3 Å². The Labute approximate surface area is 144 Å². The Balaban J connectivity index is 1.65. The number of Topliss-reactive ketones (excluding diaryl/α,β-unsaturated/α-hetero) is 2. The summed E-state index contributed by atoms with van der Waals surface area (Å²) in [6, 6.07) is 16.0. The van der Waals surface area contributed by atoms with Crippen molar-refractivity contribution in [1.82, 2.24) is 4.57 Å². The van der Waals surface area contributed by atoms with Crippen molar-refractivity contribution >= 4 is 23.2 Å². The smallest absolute Gasteiger partial charge is 0.244 e. The molecular formula is C19H16ClN2O2+. The minimum absolute atomic E-state index is 0.0273. The van der Waals surface area contributed by atoms with Gasteiger partial charge in [0.25, 0.3) is 0 Å². The minimum atomic E-state index is -0.0327. The van der Waals surface area contributed by atoms with Crippen LogP contribution in [0.4, 0.5) is 0 Å². The molecule has 24 heavy (non-hydrogen) atoms. The van der Waals surface area contributed by atoms with Crippen LogP contribution in [-0.2, 0) is 13.1 Å². The molecule has 0 bridgehead atoms. The van der Waals surface area contributed by atoms with Gasteiger partial charge in [0, 0.05) is 16.1 Å². The van der Waals surface area contributed by atoms with Crippen molar-refractivity contribution in [2.24, 2.45) is 0 Å². The van der Waals surface area contributed by atoms with Gasteiger partial charge in [-0.15, -0.1) is 0 Å². The lowest BCUT2D eigenvalue weighted by Gasteiger charge is -1.99. The highest BCUT2D eigenvalue weighted by Gasteiger charge is 2.14. The second-order valence-corrected chi connectivity index (χ2v) is 5.92. The van der Waals surface area contributed by atoms with Crippen molar-refractivity contribution in [2.45, 2.75) is 13.1 Å². The molecule has 0 atom stereocenters. The zero-order valence-electron chi connectivity index (χ0n) is 12.9. The summed E-state index contributed by atoms with van der Waals surface area (Å²) in [5, 5.41) is 0.539. The van der Waals surface area contributed by atoms with Crippen molar-refractivity contribution < 1.29 is 14.2 Å². The van der Waals surface area contributed by atoms with Crippen LogP contribution in [0, 0.1) is 0 Å². The SMILES string of the molecule is O=C(Cn1cc[n+](CC(=O)c2ccccc2)c1)c1cccc(Cl)c1. The number of carbonyl (C=O) groups excluding carboxylic acids is 2. The standard InChI is InChI=1S/C19H16ClN2O2/c20-17-8-4-7-16(11-17)19(24)13-22-10-9-21(14-22)12-18(23)15-5-2-1-3-6-15/h1-11,14H,12-13H2/q+1. The lowest BCUT2D eigenvalue weighted by molar-refractivity contribution is -0.682. The fraction of sp³-hybridized carbons (Fsp3) is 0.105. The fourth-order valence-corrected chi connectivity index (χ4v) is 2.62. The van der Waals surface area contributed by atoms with Gasteiger partial charge in [-0.05, 0) is 12.1 Å². The van der Waals surface area contributed by atoms with Crippen LogP contribution in [0.1, 0.15) is 20.7 Å². The van der Waals surface area contributed by atoms with Crippen LogP contribution in [0.5, 0.6) is 0 Å². The largest absolute Gasteiger partial charge is 0.290 e. The van der Waals surface area contributed by atoms with E-state index in [-0.39, 0.29) is 24.7 Å². The van der Waals surface area contributed by atoms with E-state index >= 15 is 0 Å². The highest BCUT2D eigenvalue weighted by molar-refractivity contribution is 6.31. The van der Waals surface area contributed by atoms with Gasteiger partial charge in [-0.2, -0.15) is 0 Å². The van der Waals surface area contributed by atoms with Gasteiger partial charge in [0.2, 0.25) is 17.9 Å². The summed E-state index contributed by atoms with van der Waals surface area (Å²) in [7, 11) is 0. The lowest BCUT2D eigenvalue weighted by atomic mass is 10.1. The van der Waals surface area contributed by atoms with Gasteiger partial charge in [-0.25, -0.2) is 9.13 Å². The molecule has 0 fully saturated rings. The second kappa shape index (κ2) is 7.23. The maximum atomic E-state index is 12.3. The Hall–Kier alpha value is -2.72. The van der Waals surface area contributed by atoms with Crippen LogP contribution in [0.15, 0.2) is 73.3 Å². The fourth-order valence-electron chi connectivity index (χ4n) is 2.43. The van der Waals surface area contributed by atoms with E-state index in [1.807, 2.05) is 18.2 Å². The quantitative estimate of drug-likeness (QED) is 0.511. The molecule has 4 nitrogen and oxygen atoms in total. The Morgan fingerprint density at radius 2 is 1.71 bits per heavy atom. The van der Waals surface area contributed by atoms with E-state index in [0.717, 1.165) is 0 Å². The van der Waals surface area contributed by atoms with Gasteiger partial charge in [-0.1, -0.05) is 54.1 Å². The molecule has 2 aromatic carbocycles. The number of imidazole rings is 1. The number of carbonyl (C=O) groups is 2. The Bertz CT molecular complexity index is 872. The van der Waals surface area contributed by atoms with Crippen molar-refractivity contribution in [3.05, 3.63) is 89.5 Å². The maximum absolute atomic E-state index is 12.3. The molecule has 0 saturated carbocycles. The van der Waals surface area contributed by atoms with E-state index in [4.69, 9.17) is 11.6 Å². The van der Waals surface area contributed by atoms with Gasteiger partial charge in [0.05, 0.1) is 0 Å². The molecule has 0 aliphatic carbocycles. The van der Waals surface area contributed by atoms with E-state index in [2.05, 4.69) is 0 Å². The number of ketones is 2. The lowest BCUT2D eigenvalue weighted by Crippen LogP contribution is -2.36. The van der Waals surface area contributed by atoms with E-state index in [1.165, 1.54) is 0 Å². The molecule has 0 unspecified atom stereocenters. The second-order valence-electron chi connectivity index (χ2n) is 5.48. The Kier molecular flexibility index (Phi) is 4.87. The van der Waals surface area contributed by atoms with Crippen LogP contribution in [0.3, 0.4) is 0 Å². The highest BCUT2D eigenvalue weighted by atomic mass is 35.5. The summed E-state index contributed by atoms with van der Waals surface area (Å²) in [4.78, 5) is 24.5. The van der Waals surface area contributed by atoms with Gasteiger partial charge < -0.3 is 0 Å². The first kappa shape index (κ1) is 16.1. The number of hydrogen-bond acceptors (Lipinski definition) is 2. The number of benzene rings is 2. The van der Waals surface area contributed by atoms with E-state index in [0.29, 0.717) is 16.1 Å². The van der Waals surface area contributed by atoms with E-state index < -0.39 is 0 Å². The zero-order chi connectivity index (χ0) is 16.9. The average Bonchev–Trinajstić information content (AvgIpc) is 3.02. The van der Waals surface area contributed by atoms with Crippen LogP contribution in [-0.4, -0.2) is 16.1 Å². The third-order valence-corrected chi connectivity index (χ3v) is 3.88. The van der Waals surface area contributed by atoms with Crippen LogP contribution >= 0.6 is 11.6 Å². The number of aromatic nitrogens is 2. The molecule has 5 heteroatoms. The topological polar surface area (TPSA) is 43.0 Å². The number of nitrogens with zero attached hydrogens (tertiary/aromatic N) is 2. The maximum Gasteiger partial charge on any atom is 0.244 e. The summed E-state index contributed by atoms with van der Waals surface area (Å²) in [5.74, 6) is -0.00541. The average molecular weight is 340 g/mol. The minimum Gasteiger partial charge on any atom is -0.290 e. The Morgan fingerprint density at radius 3 is 2.46 bits per heavy atom. The van der Waals surface area contributed by atoms with Crippen LogP contribution in [0.2, 0.25) is 5.02 Å². The van der Waals surface area contributed by atoms with Crippen LogP contribution in [0.25, 0.3) is 0 Å². The molecule has 3 aromatic rings. The first-order chi connectivity index (χ1) is 11.6. The summed E-state index contributed by atoms with van der Waals surface area (Å²) < 4.78 is 3.52. The molecule has 0 amide bonds. The van der Waals surface area contributed by atoms with E-state index in [9.17, 15) is 9.59 Å². The molecule has 0 spiro atoms. The monoisotopic (exact) mass is 339 g/mol. The number of rotatable bonds is 6. The number of halogens is 1.